The molecular formula is C29H32BrN5O8S. The van der Waals surface area contributed by atoms with E-state index in [1.165, 1.54) is 31.6 Å². The molecule has 13 nitrogen and oxygen atoms in total. The fraction of sp³-hybridized carbons (Fsp3) is 0.310. The van der Waals surface area contributed by atoms with E-state index in [0.29, 0.717) is 10.2 Å². The Hall–Kier alpha value is -4.21. The Bertz CT molecular complexity index is 1650. The van der Waals surface area contributed by atoms with E-state index in [1.807, 2.05) is 20.8 Å². The van der Waals surface area contributed by atoms with Crippen LogP contribution in [-0.2, 0) is 15.4 Å². The molecule has 0 amide bonds. The van der Waals surface area contributed by atoms with Crippen molar-refractivity contribution < 1.29 is 37.2 Å². The van der Waals surface area contributed by atoms with Crippen LogP contribution in [0.25, 0.3) is 0 Å². The first-order valence-corrected chi connectivity index (χ1v) is 15.6. The van der Waals surface area contributed by atoms with Crippen LogP contribution in [0, 0.1) is 0 Å². The van der Waals surface area contributed by atoms with Crippen molar-refractivity contribution in [2.45, 2.75) is 31.1 Å². The minimum atomic E-state index is -4.18. The number of aliphatic hydroxyl groups excluding tert-OH is 1. The molecule has 4 aromatic rings. The summed E-state index contributed by atoms with van der Waals surface area (Å²) in [5.41, 5.74) is 0.793. The molecule has 0 aliphatic carbocycles. The number of sulfonamides is 1. The van der Waals surface area contributed by atoms with Crippen LogP contribution >= 0.6 is 15.9 Å². The number of methoxy groups -OCH3 is 1. The lowest BCUT2D eigenvalue weighted by molar-refractivity contribution is 0.180. The minimum Gasteiger partial charge on any atom is -0.493 e. The van der Waals surface area contributed by atoms with Crippen molar-refractivity contribution in [3.63, 3.8) is 0 Å². The van der Waals surface area contributed by atoms with Gasteiger partial charge in [0, 0.05) is 12.4 Å². The third kappa shape index (κ3) is 8.67. The standard InChI is InChI=1S/C29H32BrN5O8S/c1-29(2,3)19-9-11-21(12-10-19)44(37,38)35-25-24(43-23-8-6-5-7-22(23)39-4)26(34-28(33-25)41-14-13-36)40-15-16-42-27-31-17-20(30)18-32-27/h5-12,17-18,36H,13-16H2,1-4H3,(H,33,34,35). The topological polar surface area (TPSA) is 164 Å². The number of aliphatic hydroxyl groups is 1. The van der Waals surface area contributed by atoms with E-state index >= 15 is 0 Å². The van der Waals surface area contributed by atoms with Crippen molar-refractivity contribution in [2.75, 3.05) is 38.3 Å². The second-order valence-electron chi connectivity index (χ2n) is 10.1. The molecule has 44 heavy (non-hydrogen) atoms. The van der Waals surface area contributed by atoms with Crippen LogP contribution in [0.5, 0.6) is 35.1 Å². The number of nitrogens with one attached hydrogen (secondary N) is 1. The SMILES string of the molecule is COc1ccccc1Oc1c(NS(=O)(=O)c2ccc(C(C)(C)C)cc2)nc(OCCO)nc1OCCOc1ncc(Br)cn1. The smallest absolute Gasteiger partial charge is 0.322 e. The van der Waals surface area contributed by atoms with Crippen LogP contribution in [0.2, 0.25) is 0 Å². The van der Waals surface area contributed by atoms with Gasteiger partial charge in [0.15, 0.2) is 17.3 Å². The van der Waals surface area contributed by atoms with Crippen molar-refractivity contribution in [1.82, 2.24) is 19.9 Å². The molecule has 0 fully saturated rings. The van der Waals surface area contributed by atoms with E-state index in [2.05, 4.69) is 40.6 Å². The number of benzene rings is 2. The number of hydrogen-bond donors (Lipinski definition) is 2. The number of rotatable bonds is 14. The molecule has 0 aliphatic rings. The first kappa shape index (κ1) is 32.7. The number of hydrogen-bond acceptors (Lipinski definition) is 12. The second kappa shape index (κ2) is 14.5. The summed E-state index contributed by atoms with van der Waals surface area (Å²) in [7, 11) is -2.72. The maximum Gasteiger partial charge on any atom is 0.322 e. The second-order valence-corrected chi connectivity index (χ2v) is 12.7. The highest BCUT2D eigenvalue weighted by atomic mass is 79.9. The summed E-state index contributed by atoms with van der Waals surface area (Å²) >= 11 is 3.26. The minimum absolute atomic E-state index is 0.00412. The van der Waals surface area contributed by atoms with Gasteiger partial charge in [-0.2, -0.15) is 9.97 Å². The zero-order valence-electron chi connectivity index (χ0n) is 24.5. The predicted octanol–water partition coefficient (Wildman–Crippen LogP) is 4.76. The molecule has 2 heterocycles. The maximum absolute atomic E-state index is 13.6. The number of aromatic nitrogens is 4. The molecule has 0 bridgehead atoms. The van der Waals surface area contributed by atoms with E-state index in [4.69, 9.17) is 23.7 Å². The molecule has 0 saturated heterocycles. The molecular weight excluding hydrogens is 658 g/mol. The Morgan fingerprint density at radius 2 is 1.50 bits per heavy atom. The summed E-state index contributed by atoms with van der Waals surface area (Å²) in [6, 6.07) is 13.1. The summed E-state index contributed by atoms with van der Waals surface area (Å²) in [4.78, 5) is 16.6. The molecule has 0 unspecified atom stereocenters. The summed E-state index contributed by atoms with van der Waals surface area (Å²) in [5.74, 6) is -0.00481. The Balaban J connectivity index is 1.71. The van der Waals surface area contributed by atoms with Gasteiger partial charge in [-0.05, 0) is 51.2 Å². The monoisotopic (exact) mass is 689 g/mol. The van der Waals surface area contributed by atoms with Gasteiger partial charge in [0.05, 0.1) is 23.1 Å². The fourth-order valence-electron chi connectivity index (χ4n) is 3.65. The predicted molar refractivity (Wildman–Crippen MR) is 164 cm³/mol. The van der Waals surface area contributed by atoms with Gasteiger partial charge in [0.1, 0.15) is 19.8 Å². The molecule has 0 atom stereocenters. The molecule has 4 rings (SSSR count). The maximum atomic E-state index is 13.6. The van der Waals surface area contributed by atoms with Gasteiger partial charge in [0.25, 0.3) is 15.9 Å². The van der Waals surface area contributed by atoms with Crippen molar-refractivity contribution in [1.29, 1.82) is 0 Å². The van der Waals surface area contributed by atoms with E-state index in [-0.39, 0.29) is 72.0 Å². The molecule has 15 heteroatoms. The number of ether oxygens (including phenoxy) is 5. The van der Waals surface area contributed by atoms with Gasteiger partial charge in [-0.15, -0.1) is 0 Å². The lowest BCUT2D eigenvalue weighted by Gasteiger charge is -2.20. The number of anilines is 1. The molecule has 2 aromatic heterocycles. The summed E-state index contributed by atoms with van der Waals surface area (Å²) in [5, 5.41) is 9.29. The average molecular weight is 691 g/mol. The van der Waals surface area contributed by atoms with Gasteiger partial charge in [-0.3, -0.25) is 4.72 Å². The number of nitrogens with zero attached hydrogens (tertiary/aromatic N) is 4. The summed E-state index contributed by atoms with van der Waals surface area (Å²) in [6.45, 7) is 5.54. The zero-order valence-corrected chi connectivity index (χ0v) is 26.9. The largest absolute Gasteiger partial charge is 0.493 e. The van der Waals surface area contributed by atoms with E-state index in [1.54, 1.807) is 36.4 Å². The van der Waals surface area contributed by atoms with E-state index in [9.17, 15) is 13.5 Å². The normalized spacial score (nSPS) is 11.5. The van der Waals surface area contributed by atoms with Crippen molar-refractivity contribution >= 4 is 31.8 Å². The Labute approximate surface area is 263 Å². The molecule has 0 saturated carbocycles. The molecule has 234 valence electrons. The molecule has 0 spiro atoms. The van der Waals surface area contributed by atoms with Crippen LogP contribution in [0.3, 0.4) is 0 Å². The van der Waals surface area contributed by atoms with Gasteiger partial charge in [0.2, 0.25) is 5.75 Å². The lowest BCUT2D eigenvalue weighted by Crippen LogP contribution is -2.18. The van der Waals surface area contributed by atoms with Crippen LogP contribution in [0.15, 0.2) is 70.3 Å². The quantitative estimate of drug-likeness (QED) is 0.175. The average Bonchev–Trinajstić information content (AvgIpc) is 3.00. The van der Waals surface area contributed by atoms with Gasteiger partial charge >= 0.3 is 12.0 Å². The summed E-state index contributed by atoms with van der Waals surface area (Å²) in [6.07, 6.45) is 3.07. The highest BCUT2D eigenvalue weighted by molar-refractivity contribution is 9.10. The first-order chi connectivity index (χ1) is 21.0. The van der Waals surface area contributed by atoms with Gasteiger partial charge in [-0.25, -0.2) is 18.4 Å². The molecule has 2 aromatic carbocycles. The van der Waals surface area contributed by atoms with Crippen LogP contribution in [-0.4, -0.2) is 67.0 Å². The third-order valence-electron chi connectivity index (χ3n) is 5.83. The van der Waals surface area contributed by atoms with Gasteiger partial charge < -0.3 is 28.8 Å². The third-order valence-corrected chi connectivity index (χ3v) is 7.59. The first-order valence-electron chi connectivity index (χ1n) is 13.3. The van der Waals surface area contributed by atoms with Gasteiger partial charge in [-0.1, -0.05) is 45.0 Å². The van der Waals surface area contributed by atoms with Crippen molar-refractivity contribution in [3.8, 4) is 35.1 Å². The van der Waals surface area contributed by atoms with Crippen LogP contribution in [0.4, 0.5) is 5.82 Å². The van der Waals surface area contributed by atoms with Crippen molar-refractivity contribution in [2.24, 2.45) is 0 Å². The Morgan fingerprint density at radius 3 is 2.14 bits per heavy atom. The Kier molecular flexibility index (Phi) is 10.8. The zero-order chi connectivity index (χ0) is 31.7. The van der Waals surface area contributed by atoms with Crippen LogP contribution in [0.1, 0.15) is 26.3 Å². The van der Waals surface area contributed by atoms with Crippen molar-refractivity contribution in [3.05, 3.63) is 71.0 Å². The number of halogens is 1. The van der Waals surface area contributed by atoms with E-state index in [0.717, 1.165) is 5.56 Å². The highest BCUT2D eigenvalue weighted by Crippen LogP contribution is 2.41. The molecule has 0 radical (unpaired) electrons. The number of para-hydroxylation sites is 2. The Morgan fingerprint density at radius 1 is 0.864 bits per heavy atom. The fourth-order valence-corrected chi connectivity index (χ4v) is 4.86. The molecule has 2 N–H and O–H groups in total. The van der Waals surface area contributed by atoms with Crippen LogP contribution < -0.4 is 28.4 Å². The van der Waals surface area contributed by atoms with E-state index < -0.39 is 10.0 Å². The molecule has 0 aliphatic heterocycles. The highest BCUT2D eigenvalue weighted by Gasteiger charge is 2.26. The summed E-state index contributed by atoms with van der Waals surface area (Å²) < 4.78 is 58.6. The lowest BCUT2D eigenvalue weighted by atomic mass is 9.87.